The number of para-hydroxylation sites is 1. The molecular formula is C21H18ClFN2O3S. The summed E-state index contributed by atoms with van der Waals surface area (Å²) in [6.07, 6.45) is 0. The predicted octanol–water partition coefficient (Wildman–Crippen LogP) is 4.62. The van der Waals surface area contributed by atoms with Crippen molar-refractivity contribution in [2.75, 3.05) is 16.2 Å². The molecule has 150 valence electrons. The second-order valence-corrected chi connectivity index (χ2v) is 8.58. The first-order valence-corrected chi connectivity index (χ1v) is 10.5. The molecule has 3 aromatic carbocycles. The minimum absolute atomic E-state index is 0.0463. The molecule has 0 radical (unpaired) electrons. The van der Waals surface area contributed by atoms with Crippen LogP contribution >= 0.6 is 11.6 Å². The average molecular weight is 433 g/mol. The third kappa shape index (κ3) is 4.75. The molecule has 0 heterocycles. The molecule has 1 N–H and O–H groups in total. The number of benzene rings is 3. The minimum atomic E-state index is -4.18. The first kappa shape index (κ1) is 20.8. The van der Waals surface area contributed by atoms with Crippen molar-refractivity contribution in [1.82, 2.24) is 0 Å². The molecule has 3 rings (SSSR count). The van der Waals surface area contributed by atoms with Gasteiger partial charge >= 0.3 is 0 Å². The first-order valence-electron chi connectivity index (χ1n) is 8.67. The monoisotopic (exact) mass is 432 g/mol. The van der Waals surface area contributed by atoms with Crippen molar-refractivity contribution < 1.29 is 17.6 Å². The SMILES string of the molecule is Cc1ccc(Cl)cc1NC(=O)CN(c1ccccc1F)S(=O)(=O)c1ccccc1. The summed E-state index contributed by atoms with van der Waals surface area (Å²) in [6, 6.07) is 17.9. The van der Waals surface area contributed by atoms with Crippen LogP contribution in [-0.2, 0) is 14.8 Å². The van der Waals surface area contributed by atoms with Gasteiger partial charge in [-0.1, -0.05) is 48.0 Å². The topological polar surface area (TPSA) is 66.5 Å². The Balaban J connectivity index is 1.97. The highest BCUT2D eigenvalue weighted by molar-refractivity contribution is 7.92. The highest BCUT2D eigenvalue weighted by Crippen LogP contribution is 2.26. The largest absolute Gasteiger partial charge is 0.324 e. The van der Waals surface area contributed by atoms with Crippen LogP contribution in [0.3, 0.4) is 0 Å². The van der Waals surface area contributed by atoms with E-state index in [1.807, 2.05) is 0 Å². The van der Waals surface area contributed by atoms with Crippen molar-refractivity contribution in [2.24, 2.45) is 0 Å². The van der Waals surface area contributed by atoms with Crippen LogP contribution < -0.4 is 9.62 Å². The van der Waals surface area contributed by atoms with E-state index in [0.717, 1.165) is 15.9 Å². The van der Waals surface area contributed by atoms with E-state index in [2.05, 4.69) is 5.32 Å². The van der Waals surface area contributed by atoms with Gasteiger partial charge in [0.05, 0.1) is 10.6 Å². The Morgan fingerprint density at radius 3 is 2.38 bits per heavy atom. The van der Waals surface area contributed by atoms with E-state index in [9.17, 15) is 17.6 Å². The number of nitrogens with zero attached hydrogens (tertiary/aromatic N) is 1. The molecule has 29 heavy (non-hydrogen) atoms. The Morgan fingerprint density at radius 1 is 1.03 bits per heavy atom. The summed E-state index contributed by atoms with van der Waals surface area (Å²) in [7, 11) is -4.18. The average Bonchev–Trinajstić information content (AvgIpc) is 2.70. The molecule has 0 bridgehead atoms. The smallest absolute Gasteiger partial charge is 0.264 e. The lowest BCUT2D eigenvalue weighted by molar-refractivity contribution is -0.114. The lowest BCUT2D eigenvalue weighted by Gasteiger charge is -2.24. The number of sulfonamides is 1. The molecule has 0 atom stereocenters. The first-order chi connectivity index (χ1) is 13.8. The zero-order valence-corrected chi connectivity index (χ0v) is 17.0. The van der Waals surface area contributed by atoms with E-state index in [-0.39, 0.29) is 10.6 Å². The Hall–Kier alpha value is -2.90. The van der Waals surface area contributed by atoms with Crippen LogP contribution in [0.2, 0.25) is 5.02 Å². The van der Waals surface area contributed by atoms with Crippen molar-refractivity contribution in [3.05, 3.63) is 89.2 Å². The second-order valence-electron chi connectivity index (χ2n) is 6.28. The van der Waals surface area contributed by atoms with Gasteiger partial charge in [0, 0.05) is 10.7 Å². The van der Waals surface area contributed by atoms with Crippen LogP contribution in [0.4, 0.5) is 15.8 Å². The third-order valence-corrected chi connectivity index (χ3v) is 6.22. The van der Waals surface area contributed by atoms with Gasteiger partial charge in [-0.2, -0.15) is 0 Å². The van der Waals surface area contributed by atoms with E-state index in [0.29, 0.717) is 10.7 Å². The van der Waals surface area contributed by atoms with E-state index in [1.165, 1.54) is 30.3 Å². The standard InChI is InChI=1S/C21H18ClFN2O3S/c1-15-11-12-16(22)13-19(15)24-21(26)14-25(20-10-6-5-9-18(20)23)29(27,28)17-7-3-2-4-8-17/h2-13H,14H2,1H3,(H,24,26). The molecule has 0 saturated carbocycles. The van der Waals surface area contributed by atoms with E-state index >= 15 is 0 Å². The van der Waals surface area contributed by atoms with Gasteiger partial charge in [0.2, 0.25) is 5.91 Å². The normalized spacial score (nSPS) is 11.1. The van der Waals surface area contributed by atoms with Gasteiger partial charge in [-0.15, -0.1) is 0 Å². The fraction of sp³-hybridized carbons (Fsp3) is 0.0952. The third-order valence-electron chi connectivity index (χ3n) is 4.21. The van der Waals surface area contributed by atoms with Crippen LogP contribution in [0, 0.1) is 12.7 Å². The highest BCUT2D eigenvalue weighted by atomic mass is 35.5. The molecule has 0 saturated heterocycles. The van der Waals surface area contributed by atoms with E-state index in [4.69, 9.17) is 11.6 Å². The summed E-state index contributed by atoms with van der Waals surface area (Å²) in [5, 5.41) is 3.07. The van der Waals surface area contributed by atoms with E-state index in [1.54, 1.807) is 43.3 Å². The van der Waals surface area contributed by atoms with Crippen molar-refractivity contribution in [3.63, 3.8) is 0 Å². The fourth-order valence-electron chi connectivity index (χ4n) is 2.72. The summed E-state index contributed by atoms with van der Waals surface area (Å²) < 4.78 is 41.5. The number of carbonyl (C=O) groups is 1. The van der Waals surface area contributed by atoms with Crippen molar-refractivity contribution >= 4 is 38.9 Å². The molecule has 1 amide bonds. The Bertz CT molecular complexity index is 1140. The number of rotatable bonds is 6. The molecular weight excluding hydrogens is 415 g/mol. The second kappa shape index (κ2) is 8.63. The van der Waals surface area contributed by atoms with Crippen LogP contribution in [0.1, 0.15) is 5.56 Å². The van der Waals surface area contributed by atoms with Crippen LogP contribution in [0.15, 0.2) is 77.7 Å². The number of amides is 1. The molecule has 0 aliphatic carbocycles. The summed E-state index contributed by atoms with van der Waals surface area (Å²) in [5.41, 5.74) is 0.994. The molecule has 8 heteroatoms. The Morgan fingerprint density at radius 2 is 1.69 bits per heavy atom. The summed E-state index contributed by atoms with van der Waals surface area (Å²) in [6.45, 7) is 1.17. The van der Waals surface area contributed by atoms with Gasteiger partial charge in [-0.05, 0) is 48.9 Å². The van der Waals surface area contributed by atoms with Gasteiger partial charge in [-0.25, -0.2) is 12.8 Å². The molecule has 5 nitrogen and oxygen atoms in total. The van der Waals surface area contributed by atoms with Crippen LogP contribution in [-0.4, -0.2) is 20.9 Å². The zero-order valence-electron chi connectivity index (χ0n) is 15.5. The van der Waals surface area contributed by atoms with Gasteiger partial charge in [0.1, 0.15) is 12.4 Å². The van der Waals surface area contributed by atoms with Crippen LogP contribution in [0.25, 0.3) is 0 Å². The van der Waals surface area contributed by atoms with Gasteiger partial charge in [0.25, 0.3) is 10.0 Å². The minimum Gasteiger partial charge on any atom is -0.324 e. The Kier molecular flexibility index (Phi) is 6.20. The number of halogens is 2. The van der Waals surface area contributed by atoms with Crippen molar-refractivity contribution in [1.29, 1.82) is 0 Å². The molecule has 0 unspecified atom stereocenters. The summed E-state index contributed by atoms with van der Waals surface area (Å²) in [5.74, 6) is -1.38. The highest BCUT2D eigenvalue weighted by Gasteiger charge is 2.29. The van der Waals surface area contributed by atoms with Gasteiger partial charge in [-0.3, -0.25) is 9.10 Å². The molecule has 0 spiro atoms. The van der Waals surface area contributed by atoms with Gasteiger partial charge in [0.15, 0.2) is 0 Å². The molecule has 0 aliphatic heterocycles. The molecule has 0 aliphatic rings. The number of aryl methyl sites for hydroxylation is 1. The maximum absolute atomic E-state index is 14.4. The Labute approximate surface area is 173 Å². The van der Waals surface area contributed by atoms with Crippen molar-refractivity contribution in [2.45, 2.75) is 11.8 Å². The zero-order chi connectivity index (χ0) is 21.0. The molecule has 0 fully saturated rings. The van der Waals surface area contributed by atoms with Gasteiger partial charge < -0.3 is 5.32 Å². The lowest BCUT2D eigenvalue weighted by Crippen LogP contribution is -2.38. The number of nitrogens with one attached hydrogen (secondary N) is 1. The lowest BCUT2D eigenvalue weighted by atomic mass is 10.2. The maximum atomic E-state index is 14.4. The quantitative estimate of drug-likeness (QED) is 0.618. The maximum Gasteiger partial charge on any atom is 0.264 e. The van der Waals surface area contributed by atoms with E-state index < -0.39 is 28.3 Å². The van der Waals surface area contributed by atoms with Crippen LogP contribution in [0.5, 0.6) is 0 Å². The number of hydrogen-bond donors (Lipinski definition) is 1. The summed E-state index contributed by atoms with van der Waals surface area (Å²) >= 11 is 5.97. The fourth-order valence-corrected chi connectivity index (χ4v) is 4.34. The number of anilines is 2. The number of hydrogen-bond acceptors (Lipinski definition) is 3. The molecule has 3 aromatic rings. The molecule has 0 aromatic heterocycles. The van der Waals surface area contributed by atoms with Crippen molar-refractivity contribution in [3.8, 4) is 0 Å². The number of carbonyl (C=O) groups excluding carboxylic acids is 1. The predicted molar refractivity (Wildman–Crippen MR) is 112 cm³/mol. The summed E-state index contributed by atoms with van der Waals surface area (Å²) in [4.78, 5) is 12.6.